The van der Waals surface area contributed by atoms with Crippen LogP contribution in [0.2, 0.25) is 0 Å². The van der Waals surface area contributed by atoms with Crippen molar-refractivity contribution in [2.75, 3.05) is 140 Å². The number of hydrogen-bond acceptors (Lipinski definition) is 16. The largest absolute Gasteiger partial charge is 0.493 e. The monoisotopic (exact) mass is 725 g/mol. The van der Waals surface area contributed by atoms with Crippen molar-refractivity contribution < 1.29 is 66.1 Å². The van der Waals surface area contributed by atoms with Gasteiger partial charge in [0.1, 0.15) is 5.71 Å². The van der Waals surface area contributed by atoms with Crippen LogP contribution in [-0.4, -0.2) is 157 Å². The SMILES string of the molecule is CCOP(=O)(O)CCOCCOCCOCCOCCOCCOCCOCCOCC(C=NCc1cc(OC)c(OC)c(OC)c1)=NN. The summed E-state index contributed by atoms with van der Waals surface area (Å²) < 4.78 is 75.8. The van der Waals surface area contributed by atoms with Crippen LogP contribution < -0.4 is 20.1 Å². The van der Waals surface area contributed by atoms with Gasteiger partial charge in [0.25, 0.3) is 0 Å². The summed E-state index contributed by atoms with van der Waals surface area (Å²) in [6.45, 7) is 8.50. The minimum atomic E-state index is -3.54. The number of nitrogens with two attached hydrogens (primary N) is 1. The van der Waals surface area contributed by atoms with Crippen LogP contribution in [-0.2, 0) is 53.5 Å². The predicted molar refractivity (Wildman–Crippen MR) is 183 cm³/mol. The lowest BCUT2D eigenvalue weighted by Crippen LogP contribution is -2.17. The second-order valence-corrected chi connectivity index (χ2v) is 11.7. The number of nitrogens with zero attached hydrogens (tertiary/aromatic N) is 2. The van der Waals surface area contributed by atoms with Crippen molar-refractivity contribution >= 4 is 19.5 Å². The number of hydrogen-bond donors (Lipinski definition) is 2. The highest BCUT2D eigenvalue weighted by Gasteiger charge is 2.17. The molecule has 0 saturated heterocycles. The maximum atomic E-state index is 11.5. The Hall–Kier alpha value is -2.41. The summed E-state index contributed by atoms with van der Waals surface area (Å²) in [5.74, 6) is 7.09. The van der Waals surface area contributed by atoms with Gasteiger partial charge in [-0.2, -0.15) is 5.10 Å². The second-order valence-electron chi connectivity index (χ2n) is 9.74. The van der Waals surface area contributed by atoms with Crippen LogP contribution in [0.3, 0.4) is 0 Å². The molecule has 1 aromatic rings. The fourth-order valence-corrected chi connectivity index (χ4v) is 4.65. The molecule has 17 nitrogen and oxygen atoms in total. The van der Waals surface area contributed by atoms with E-state index in [1.165, 1.54) is 0 Å². The third-order valence-electron chi connectivity index (χ3n) is 6.11. The first-order chi connectivity index (χ1) is 23.9. The average molecular weight is 726 g/mol. The summed E-state index contributed by atoms with van der Waals surface area (Å²) in [5.41, 5.74) is 1.36. The van der Waals surface area contributed by atoms with Gasteiger partial charge in [0.15, 0.2) is 11.5 Å². The van der Waals surface area contributed by atoms with Crippen molar-refractivity contribution in [2.24, 2.45) is 15.9 Å². The van der Waals surface area contributed by atoms with Crippen LogP contribution >= 0.6 is 7.60 Å². The Morgan fingerprint density at radius 1 is 0.694 bits per heavy atom. The molecule has 0 aliphatic heterocycles. The fourth-order valence-electron chi connectivity index (χ4n) is 3.75. The van der Waals surface area contributed by atoms with Gasteiger partial charge in [-0.25, -0.2) is 0 Å². The van der Waals surface area contributed by atoms with Crippen molar-refractivity contribution in [3.63, 3.8) is 0 Å². The molecule has 0 aliphatic rings. The zero-order chi connectivity index (χ0) is 35.8. The van der Waals surface area contributed by atoms with Gasteiger partial charge < -0.3 is 67.4 Å². The Bertz CT molecular complexity index is 1040. The first-order valence-corrected chi connectivity index (χ1v) is 17.8. The normalized spacial score (nSPS) is 13.2. The van der Waals surface area contributed by atoms with Gasteiger partial charge in [-0.15, -0.1) is 0 Å². The van der Waals surface area contributed by atoms with Gasteiger partial charge in [0.05, 0.1) is 146 Å². The quantitative estimate of drug-likeness (QED) is 0.0343. The Balaban J connectivity index is 1.88. The molecule has 1 aromatic carbocycles. The summed E-state index contributed by atoms with van der Waals surface area (Å²) in [6.07, 6.45) is 1.53. The van der Waals surface area contributed by atoms with Crippen molar-refractivity contribution in [3.05, 3.63) is 17.7 Å². The average Bonchev–Trinajstić information content (AvgIpc) is 3.10. The van der Waals surface area contributed by atoms with Crippen LogP contribution in [0, 0.1) is 0 Å². The van der Waals surface area contributed by atoms with Crippen molar-refractivity contribution in [1.82, 2.24) is 0 Å². The molecule has 49 heavy (non-hydrogen) atoms. The van der Waals surface area contributed by atoms with Gasteiger partial charge in [-0.3, -0.25) is 9.56 Å². The maximum absolute atomic E-state index is 11.5. The first kappa shape index (κ1) is 44.6. The van der Waals surface area contributed by atoms with E-state index in [-0.39, 0.29) is 26.0 Å². The molecule has 1 atom stereocenters. The molecular formula is C31H56N3O14P. The van der Waals surface area contributed by atoms with Crippen LogP contribution in [0.15, 0.2) is 22.2 Å². The van der Waals surface area contributed by atoms with Gasteiger partial charge >= 0.3 is 7.60 Å². The van der Waals surface area contributed by atoms with Crippen LogP contribution in [0.1, 0.15) is 12.5 Å². The van der Waals surface area contributed by atoms with E-state index in [2.05, 4.69) is 10.1 Å². The topological polar surface area (TPSA) is 199 Å². The summed E-state index contributed by atoms with van der Waals surface area (Å²) in [6, 6.07) is 3.66. The third-order valence-corrected chi connectivity index (χ3v) is 7.52. The number of methoxy groups -OCH3 is 3. The smallest absolute Gasteiger partial charge is 0.330 e. The molecule has 18 heteroatoms. The van der Waals surface area contributed by atoms with E-state index < -0.39 is 7.60 Å². The third kappa shape index (κ3) is 23.6. The number of aliphatic imine (C=N–C) groups is 1. The minimum Gasteiger partial charge on any atom is -0.493 e. The van der Waals surface area contributed by atoms with E-state index in [4.69, 9.17) is 62.5 Å². The van der Waals surface area contributed by atoms with E-state index in [1.54, 1.807) is 34.5 Å². The highest BCUT2D eigenvalue weighted by atomic mass is 31.2. The Labute approximate surface area is 289 Å². The summed E-state index contributed by atoms with van der Waals surface area (Å²) in [5, 5.41) is 3.72. The molecule has 284 valence electrons. The fraction of sp³-hybridized carbons (Fsp3) is 0.742. The van der Waals surface area contributed by atoms with Gasteiger partial charge in [-0.05, 0) is 24.6 Å². The van der Waals surface area contributed by atoms with Crippen LogP contribution in [0.25, 0.3) is 0 Å². The Kier molecular flexibility index (Phi) is 27.7. The van der Waals surface area contributed by atoms with E-state index in [1.807, 2.05) is 12.1 Å². The second kappa shape index (κ2) is 30.4. The van der Waals surface area contributed by atoms with Gasteiger partial charge in [0.2, 0.25) is 5.75 Å². The standard InChI is InChI=1S/C31H56N3O14P/c1-5-48-49(35,36)21-20-46-17-16-44-13-12-42-9-8-40-6-7-41-10-11-43-14-15-45-18-19-47-26-28(34-32)25-33-24-27-22-29(37-2)31(39-4)30(23-27)38-3/h22-23,25H,5-21,24,26,32H2,1-4H3,(H,35,36). The highest BCUT2D eigenvalue weighted by Crippen LogP contribution is 2.41. The van der Waals surface area contributed by atoms with E-state index >= 15 is 0 Å². The number of ether oxygens (including phenoxy) is 11. The molecule has 0 bridgehead atoms. The Morgan fingerprint density at radius 3 is 1.47 bits per heavy atom. The van der Waals surface area contributed by atoms with Crippen molar-refractivity contribution in [1.29, 1.82) is 0 Å². The lowest BCUT2D eigenvalue weighted by molar-refractivity contribution is -0.0221. The van der Waals surface area contributed by atoms with Gasteiger partial charge in [0, 0.05) is 6.21 Å². The molecule has 0 aliphatic carbocycles. The van der Waals surface area contributed by atoms with Crippen LogP contribution in [0.4, 0.5) is 0 Å². The predicted octanol–water partition coefficient (Wildman–Crippen LogP) is 1.95. The molecule has 0 aromatic heterocycles. The molecule has 0 heterocycles. The number of benzene rings is 1. The molecule has 0 fully saturated rings. The summed E-state index contributed by atoms with van der Waals surface area (Å²) >= 11 is 0. The molecule has 1 unspecified atom stereocenters. The molecule has 0 radical (unpaired) electrons. The molecule has 1 rings (SSSR count). The highest BCUT2D eigenvalue weighted by molar-refractivity contribution is 7.52. The molecule has 0 spiro atoms. The van der Waals surface area contributed by atoms with E-state index in [0.29, 0.717) is 122 Å². The molecular weight excluding hydrogens is 669 g/mol. The summed E-state index contributed by atoms with van der Waals surface area (Å²) in [4.78, 5) is 13.8. The van der Waals surface area contributed by atoms with Gasteiger partial charge in [-0.1, -0.05) is 0 Å². The minimum absolute atomic E-state index is 0.0356. The number of hydrazone groups is 1. The Morgan fingerprint density at radius 2 is 1.10 bits per heavy atom. The van der Waals surface area contributed by atoms with Crippen LogP contribution in [0.5, 0.6) is 17.2 Å². The molecule has 3 N–H and O–H groups in total. The lowest BCUT2D eigenvalue weighted by atomic mass is 10.2. The first-order valence-electron chi connectivity index (χ1n) is 16.0. The lowest BCUT2D eigenvalue weighted by Gasteiger charge is -2.13. The zero-order valence-electron chi connectivity index (χ0n) is 29.3. The number of rotatable bonds is 34. The van der Waals surface area contributed by atoms with Crippen molar-refractivity contribution in [2.45, 2.75) is 13.5 Å². The zero-order valence-corrected chi connectivity index (χ0v) is 30.2. The van der Waals surface area contributed by atoms with E-state index in [0.717, 1.165) is 5.56 Å². The maximum Gasteiger partial charge on any atom is 0.330 e. The molecule has 0 saturated carbocycles. The molecule has 0 amide bonds. The summed E-state index contributed by atoms with van der Waals surface area (Å²) in [7, 11) is 1.14. The van der Waals surface area contributed by atoms with Crippen molar-refractivity contribution in [3.8, 4) is 17.2 Å². The van der Waals surface area contributed by atoms with E-state index in [9.17, 15) is 9.46 Å².